The van der Waals surface area contributed by atoms with Crippen LogP contribution in [-0.4, -0.2) is 11.0 Å². The van der Waals surface area contributed by atoms with E-state index in [1.54, 1.807) is 24.3 Å². The molecule has 19 heavy (non-hydrogen) atoms. The van der Waals surface area contributed by atoms with E-state index in [0.29, 0.717) is 12.0 Å². The number of hydrogen-bond donors (Lipinski definition) is 1. The quantitative estimate of drug-likeness (QED) is 0.873. The van der Waals surface area contributed by atoms with Crippen LogP contribution in [0.1, 0.15) is 15.9 Å². The smallest absolute Gasteiger partial charge is 0.261 e. The van der Waals surface area contributed by atoms with Crippen molar-refractivity contribution < 1.29 is 9.59 Å². The Hall–Kier alpha value is -2.07. The molecule has 0 atom stereocenters. The Balaban J connectivity index is 1.83. The molecule has 4 heteroatoms. The summed E-state index contributed by atoms with van der Waals surface area (Å²) >= 11 is 0.836. The summed E-state index contributed by atoms with van der Waals surface area (Å²) in [5, 5.41) is -0.0875. The summed E-state index contributed by atoms with van der Waals surface area (Å²) < 4.78 is 2.55. The molecule has 1 amide bonds. The lowest BCUT2D eigenvalue weighted by Crippen LogP contribution is -2.18. The summed E-state index contributed by atoms with van der Waals surface area (Å²) in [6.07, 6.45) is 0.306. The Kier molecular flexibility index (Phi) is 4.75. The molecule has 0 saturated heterocycles. The Morgan fingerprint density at radius 3 is 2.11 bits per heavy atom. The molecule has 3 nitrogen and oxygen atoms in total. The molecule has 2 aromatic rings. The molecule has 0 fully saturated rings. The predicted molar refractivity (Wildman–Crippen MR) is 76.7 cm³/mol. The van der Waals surface area contributed by atoms with Crippen molar-refractivity contribution in [3.05, 3.63) is 71.8 Å². The third-order valence-electron chi connectivity index (χ3n) is 2.48. The normalized spacial score (nSPS) is 9.89. The first-order chi connectivity index (χ1) is 9.25. The van der Waals surface area contributed by atoms with Crippen molar-refractivity contribution >= 4 is 23.0 Å². The van der Waals surface area contributed by atoms with Gasteiger partial charge in [0.05, 0.1) is 0 Å². The highest BCUT2D eigenvalue weighted by Crippen LogP contribution is 2.08. The van der Waals surface area contributed by atoms with Gasteiger partial charge in [0, 0.05) is 23.9 Å². The monoisotopic (exact) mass is 271 g/mol. The Labute approximate surface area is 116 Å². The summed E-state index contributed by atoms with van der Waals surface area (Å²) in [6.45, 7) is 0. The average molecular weight is 271 g/mol. The molecular formula is C15H13NO2S. The van der Waals surface area contributed by atoms with E-state index in [1.165, 1.54) is 0 Å². The summed E-state index contributed by atoms with van der Waals surface area (Å²) in [5.74, 6) is -0.257. The van der Waals surface area contributed by atoms with Crippen LogP contribution in [0.4, 0.5) is 0 Å². The van der Waals surface area contributed by atoms with Crippen LogP contribution in [0.3, 0.4) is 0 Å². The SMILES string of the molecule is O=C(Cc1ccccc1)SNC(=O)c1ccccc1. The fourth-order valence-electron chi connectivity index (χ4n) is 1.55. The number of carbonyl (C=O) groups is 2. The lowest BCUT2D eigenvalue weighted by atomic mass is 10.2. The third kappa shape index (κ3) is 4.26. The molecule has 0 saturated carbocycles. The molecular weight excluding hydrogens is 258 g/mol. The number of rotatable bonds is 3. The molecule has 2 rings (SSSR count). The second kappa shape index (κ2) is 6.75. The highest BCUT2D eigenvalue weighted by Gasteiger charge is 2.09. The standard InChI is InChI=1S/C15H13NO2S/c17-14(11-12-7-3-1-4-8-12)19-16-15(18)13-9-5-2-6-10-13/h1-10H,11H2,(H,16,18). The van der Waals surface area contributed by atoms with Crippen molar-refractivity contribution in [2.24, 2.45) is 0 Å². The number of benzene rings is 2. The van der Waals surface area contributed by atoms with Gasteiger partial charge in [0.2, 0.25) is 5.12 Å². The summed E-state index contributed by atoms with van der Waals surface area (Å²) in [5.41, 5.74) is 1.48. The second-order valence-corrected chi connectivity index (χ2v) is 4.80. The zero-order valence-electron chi connectivity index (χ0n) is 10.2. The molecule has 0 aliphatic rings. The summed E-state index contributed by atoms with van der Waals surface area (Å²) in [6, 6.07) is 18.3. The molecule has 0 spiro atoms. The first-order valence-corrected chi connectivity index (χ1v) is 6.66. The van der Waals surface area contributed by atoms with E-state index in [2.05, 4.69) is 4.72 Å². The molecule has 2 aromatic carbocycles. The highest BCUT2D eigenvalue weighted by molar-refractivity contribution is 8.12. The van der Waals surface area contributed by atoms with Crippen molar-refractivity contribution in [3.8, 4) is 0 Å². The number of hydrogen-bond acceptors (Lipinski definition) is 3. The maximum Gasteiger partial charge on any atom is 0.261 e. The van der Waals surface area contributed by atoms with Crippen LogP contribution in [0.15, 0.2) is 60.7 Å². The first kappa shape index (κ1) is 13.4. The minimum absolute atomic E-state index is 0.0875. The van der Waals surface area contributed by atoms with Gasteiger partial charge < -0.3 is 0 Å². The summed E-state index contributed by atoms with van der Waals surface area (Å²) in [4.78, 5) is 23.4. The average Bonchev–Trinajstić information content (AvgIpc) is 2.47. The fraction of sp³-hybridized carbons (Fsp3) is 0.0667. The van der Waals surface area contributed by atoms with E-state index >= 15 is 0 Å². The van der Waals surface area contributed by atoms with Crippen LogP contribution in [0.25, 0.3) is 0 Å². The maximum absolute atomic E-state index is 11.7. The van der Waals surface area contributed by atoms with Gasteiger partial charge in [-0.1, -0.05) is 48.5 Å². The Morgan fingerprint density at radius 1 is 0.895 bits per heavy atom. The Morgan fingerprint density at radius 2 is 1.47 bits per heavy atom. The molecule has 0 heterocycles. The van der Waals surface area contributed by atoms with Crippen molar-refractivity contribution in [2.45, 2.75) is 6.42 Å². The van der Waals surface area contributed by atoms with E-state index in [1.807, 2.05) is 36.4 Å². The van der Waals surface area contributed by atoms with Crippen molar-refractivity contribution in [1.29, 1.82) is 0 Å². The van der Waals surface area contributed by atoms with Gasteiger partial charge >= 0.3 is 0 Å². The minimum atomic E-state index is -0.257. The van der Waals surface area contributed by atoms with Gasteiger partial charge in [-0.15, -0.1) is 0 Å². The lowest BCUT2D eigenvalue weighted by molar-refractivity contribution is -0.110. The van der Waals surface area contributed by atoms with Gasteiger partial charge in [0.25, 0.3) is 5.91 Å². The fourth-order valence-corrected chi connectivity index (χ4v) is 2.11. The molecule has 0 bridgehead atoms. The van der Waals surface area contributed by atoms with Gasteiger partial charge in [0.15, 0.2) is 0 Å². The van der Waals surface area contributed by atoms with Gasteiger partial charge in [-0.3, -0.25) is 14.3 Å². The zero-order valence-corrected chi connectivity index (χ0v) is 11.0. The van der Waals surface area contributed by atoms with Crippen molar-refractivity contribution in [3.63, 3.8) is 0 Å². The molecule has 0 aromatic heterocycles. The molecule has 1 N–H and O–H groups in total. The van der Waals surface area contributed by atoms with Gasteiger partial charge in [-0.25, -0.2) is 0 Å². The van der Waals surface area contributed by atoms with E-state index in [4.69, 9.17) is 0 Å². The van der Waals surface area contributed by atoms with Crippen molar-refractivity contribution in [1.82, 2.24) is 4.72 Å². The van der Waals surface area contributed by atoms with Gasteiger partial charge in [0.1, 0.15) is 0 Å². The van der Waals surface area contributed by atoms with Crippen molar-refractivity contribution in [2.75, 3.05) is 0 Å². The van der Waals surface area contributed by atoms with Crippen LogP contribution >= 0.6 is 11.9 Å². The molecule has 0 aliphatic carbocycles. The number of nitrogens with one attached hydrogen (secondary N) is 1. The van der Waals surface area contributed by atoms with Crippen LogP contribution in [0.2, 0.25) is 0 Å². The molecule has 0 aliphatic heterocycles. The van der Waals surface area contributed by atoms with Crippen LogP contribution < -0.4 is 4.72 Å². The zero-order chi connectivity index (χ0) is 13.5. The summed E-state index contributed by atoms with van der Waals surface area (Å²) in [7, 11) is 0. The second-order valence-electron chi connectivity index (χ2n) is 3.93. The molecule has 96 valence electrons. The Bertz CT molecular complexity index is 555. The van der Waals surface area contributed by atoms with E-state index < -0.39 is 0 Å². The van der Waals surface area contributed by atoms with Crippen LogP contribution in [-0.2, 0) is 11.2 Å². The van der Waals surface area contributed by atoms with E-state index in [-0.39, 0.29) is 11.0 Å². The minimum Gasteiger partial charge on any atom is -0.289 e. The maximum atomic E-state index is 11.7. The van der Waals surface area contributed by atoms with Crippen LogP contribution in [0.5, 0.6) is 0 Å². The van der Waals surface area contributed by atoms with E-state index in [0.717, 1.165) is 17.5 Å². The van der Waals surface area contributed by atoms with Gasteiger partial charge in [-0.05, 0) is 17.7 Å². The number of carbonyl (C=O) groups excluding carboxylic acids is 2. The first-order valence-electron chi connectivity index (χ1n) is 5.84. The van der Waals surface area contributed by atoms with Crippen LogP contribution in [0, 0.1) is 0 Å². The molecule has 0 radical (unpaired) electrons. The van der Waals surface area contributed by atoms with Gasteiger partial charge in [-0.2, -0.15) is 0 Å². The van der Waals surface area contributed by atoms with E-state index in [9.17, 15) is 9.59 Å². The topological polar surface area (TPSA) is 46.2 Å². The largest absolute Gasteiger partial charge is 0.289 e. The molecule has 0 unspecified atom stereocenters. The third-order valence-corrected chi connectivity index (χ3v) is 3.14. The lowest BCUT2D eigenvalue weighted by Gasteiger charge is -2.03. The number of amides is 1. The predicted octanol–water partition coefficient (Wildman–Crippen LogP) is 2.83. The highest BCUT2D eigenvalue weighted by atomic mass is 32.2.